The van der Waals surface area contributed by atoms with Gasteiger partial charge in [0, 0.05) is 11.1 Å². The third-order valence-electron chi connectivity index (χ3n) is 3.84. The normalized spacial score (nSPS) is 22.9. The molecule has 2 heterocycles. The second-order valence-electron chi connectivity index (χ2n) is 6.08. The number of aromatic nitrogens is 2. The van der Waals surface area contributed by atoms with Crippen LogP contribution in [0.1, 0.15) is 29.5 Å². The number of rotatable bonds is 3. The van der Waals surface area contributed by atoms with Crippen LogP contribution in [0, 0.1) is 6.92 Å². The highest BCUT2D eigenvalue weighted by atomic mass is 32.2. The van der Waals surface area contributed by atoms with Crippen molar-refractivity contribution in [3.63, 3.8) is 0 Å². The van der Waals surface area contributed by atoms with Crippen molar-refractivity contribution in [1.82, 2.24) is 15.5 Å². The van der Waals surface area contributed by atoms with Gasteiger partial charge in [0.1, 0.15) is 0 Å². The Hall–Kier alpha value is -2.22. The molecule has 1 atom stereocenters. The quantitative estimate of drug-likeness (QED) is 0.908. The van der Waals surface area contributed by atoms with Gasteiger partial charge in [-0.1, -0.05) is 5.16 Å². The summed E-state index contributed by atoms with van der Waals surface area (Å²) in [5.74, 6) is 0.725. The Balaban J connectivity index is 1.73. The van der Waals surface area contributed by atoms with E-state index in [2.05, 4.69) is 15.5 Å². The zero-order valence-corrected chi connectivity index (χ0v) is 13.7. The number of carbonyl (C=O) groups is 1. The highest BCUT2D eigenvalue weighted by Crippen LogP contribution is 2.24. The van der Waals surface area contributed by atoms with E-state index in [0.29, 0.717) is 23.7 Å². The summed E-state index contributed by atoms with van der Waals surface area (Å²) in [6.07, 6.45) is 0.431. The SMILES string of the molecule is Cc1noc(-c2ccc(C(=O)NC3(C)CCS(=O)(=O)C3)cc2)n1. The van der Waals surface area contributed by atoms with Crippen LogP contribution in [0.25, 0.3) is 11.5 Å². The van der Waals surface area contributed by atoms with Crippen LogP contribution < -0.4 is 5.32 Å². The lowest BCUT2D eigenvalue weighted by Gasteiger charge is -2.23. The lowest BCUT2D eigenvalue weighted by molar-refractivity contribution is 0.0915. The molecule has 23 heavy (non-hydrogen) atoms. The second-order valence-corrected chi connectivity index (χ2v) is 8.26. The van der Waals surface area contributed by atoms with Crippen LogP contribution in [-0.2, 0) is 9.84 Å². The Morgan fingerprint density at radius 2 is 2.00 bits per heavy atom. The van der Waals surface area contributed by atoms with Crippen LogP contribution in [-0.4, -0.2) is 41.5 Å². The van der Waals surface area contributed by atoms with E-state index in [1.807, 2.05) is 0 Å². The van der Waals surface area contributed by atoms with Crippen molar-refractivity contribution >= 4 is 15.7 Å². The van der Waals surface area contributed by atoms with Crippen molar-refractivity contribution in [3.05, 3.63) is 35.7 Å². The van der Waals surface area contributed by atoms with E-state index in [1.54, 1.807) is 38.1 Å². The van der Waals surface area contributed by atoms with Gasteiger partial charge in [-0.2, -0.15) is 4.98 Å². The second kappa shape index (κ2) is 5.45. The fraction of sp³-hybridized carbons (Fsp3) is 0.400. The predicted octanol–water partition coefficient (Wildman–Crippen LogP) is 1.35. The van der Waals surface area contributed by atoms with Gasteiger partial charge in [-0.05, 0) is 44.5 Å². The number of benzene rings is 1. The summed E-state index contributed by atoms with van der Waals surface area (Å²) >= 11 is 0. The fourth-order valence-electron chi connectivity index (χ4n) is 2.63. The molecule has 0 aliphatic carbocycles. The zero-order valence-electron chi connectivity index (χ0n) is 12.9. The first kappa shape index (κ1) is 15.7. The van der Waals surface area contributed by atoms with Crippen molar-refractivity contribution in [2.75, 3.05) is 11.5 Å². The summed E-state index contributed by atoms with van der Waals surface area (Å²) < 4.78 is 28.3. The maximum atomic E-state index is 12.3. The summed E-state index contributed by atoms with van der Waals surface area (Å²) in [6.45, 7) is 3.48. The molecule has 1 aliphatic rings. The summed E-state index contributed by atoms with van der Waals surface area (Å²) in [6, 6.07) is 6.74. The fourth-order valence-corrected chi connectivity index (χ4v) is 4.73. The van der Waals surface area contributed by atoms with Crippen molar-refractivity contribution in [1.29, 1.82) is 0 Å². The molecule has 0 saturated carbocycles. The smallest absolute Gasteiger partial charge is 0.257 e. The zero-order chi connectivity index (χ0) is 16.7. The largest absolute Gasteiger partial charge is 0.346 e. The molecule has 1 unspecified atom stereocenters. The monoisotopic (exact) mass is 335 g/mol. The maximum absolute atomic E-state index is 12.3. The molecule has 1 fully saturated rings. The molecule has 1 N–H and O–H groups in total. The number of hydrogen-bond acceptors (Lipinski definition) is 6. The Morgan fingerprint density at radius 3 is 2.52 bits per heavy atom. The van der Waals surface area contributed by atoms with Crippen molar-refractivity contribution in [2.45, 2.75) is 25.8 Å². The maximum Gasteiger partial charge on any atom is 0.257 e. The molecule has 1 saturated heterocycles. The molecule has 2 aromatic rings. The summed E-state index contributed by atoms with van der Waals surface area (Å²) in [4.78, 5) is 16.4. The molecule has 1 aromatic carbocycles. The molecule has 0 spiro atoms. The summed E-state index contributed by atoms with van der Waals surface area (Å²) in [5, 5.41) is 6.54. The molecule has 0 bridgehead atoms. The Bertz CT molecular complexity index is 842. The standard InChI is InChI=1S/C15H17N3O4S/c1-10-16-14(22-18-10)12-5-3-11(4-6-12)13(19)17-15(2)7-8-23(20,21)9-15/h3-6H,7-9H2,1-2H3,(H,17,19). The average Bonchev–Trinajstić information content (AvgIpc) is 3.02. The van der Waals surface area contributed by atoms with E-state index in [1.165, 1.54) is 0 Å². The van der Waals surface area contributed by atoms with E-state index in [-0.39, 0.29) is 17.4 Å². The van der Waals surface area contributed by atoms with Crippen LogP contribution >= 0.6 is 0 Å². The van der Waals surface area contributed by atoms with Crippen LogP contribution in [0.15, 0.2) is 28.8 Å². The highest BCUT2D eigenvalue weighted by molar-refractivity contribution is 7.91. The molecule has 1 aromatic heterocycles. The number of amides is 1. The number of nitrogens with one attached hydrogen (secondary N) is 1. The predicted molar refractivity (Wildman–Crippen MR) is 83.6 cm³/mol. The minimum Gasteiger partial charge on any atom is -0.346 e. The lowest BCUT2D eigenvalue weighted by atomic mass is 10.0. The van der Waals surface area contributed by atoms with Crippen molar-refractivity contribution < 1.29 is 17.7 Å². The Labute approximate surface area is 134 Å². The molecule has 3 rings (SSSR count). The first-order valence-corrected chi connectivity index (χ1v) is 9.02. The van der Waals surface area contributed by atoms with E-state index >= 15 is 0 Å². The summed E-state index contributed by atoms with van der Waals surface area (Å²) in [7, 11) is -3.06. The van der Waals surface area contributed by atoms with Crippen LogP contribution in [0.3, 0.4) is 0 Å². The molecular formula is C15H17N3O4S. The van der Waals surface area contributed by atoms with E-state index in [4.69, 9.17) is 4.52 Å². The number of hydrogen-bond donors (Lipinski definition) is 1. The van der Waals surface area contributed by atoms with Gasteiger partial charge in [-0.15, -0.1) is 0 Å². The minimum absolute atomic E-state index is 0.0227. The van der Waals surface area contributed by atoms with Crippen molar-refractivity contribution in [2.24, 2.45) is 0 Å². The highest BCUT2D eigenvalue weighted by Gasteiger charge is 2.39. The average molecular weight is 335 g/mol. The molecular weight excluding hydrogens is 318 g/mol. The molecule has 7 nitrogen and oxygen atoms in total. The lowest BCUT2D eigenvalue weighted by Crippen LogP contribution is -2.46. The van der Waals surface area contributed by atoms with Crippen LogP contribution in [0.4, 0.5) is 0 Å². The third kappa shape index (κ3) is 3.42. The van der Waals surface area contributed by atoms with Gasteiger partial charge >= 0.3 is 0 Å². The minimum atomic E-state index is -3.06. The molecule has 122 valence electrons. The molecule has 0 radical (unpaired) electrons. The van der Waals surface area contributed by atoms with Gasteiger partial charge < -0.3 is 9.84 Å². The van der Waals surface area contributed by atoms with Crippen LogP contribution in [0.5, 0.6) is 0 Å². The molecule has 8 heteroatoms. The Morgan fingerprint density at radius 1 is 1.30 bits per heavy atom. The number of carbonyl (C=O) groups excluding carboxylic acids is 1. The van der Waals surface area contributed by atoms with E-state index < -0.39 is 15.4 Å². The topological polar surface area (TPSA) is 102 Å². The van der Waals surface area contributed by atoms with E-state index in [0.717, 1.165) is 5.56 Å². The first-order valence-electron chi connectivity index (χ1n) is 7.20. The van der Waals surface area contributed by atoms with Crippen molar-refractivity contribution in [3.8, 4) is 11.5 Å². The van der Waals surface area contributed by atoms with Gasteiger partial charge in [0.15, 0.2) is 15.7 Å². The number of sulfone groups is 1. The first-order chi connectivity index (χ1) is 10.8. The summed E-state index contributed by atoms with van der Waals surface area (Å²) in [5.41, 5.74) is 0.463. The van der Waals surface area contributed by atoms with Gasteiger partial charge in [0.2, 0.25) is 0 Å². The van der Waals surface area contributed by atoms with Gasteiger partial charge in [0.05, 0.1) is 17.0 Å². The van der Waals surface area contributed by atoms with Gasteiger partial charge in [-0.3, -0.25) is 4.79 Å². The number of nitrogens with zero attached hydrogens (tertiary/aromatic N) is 2. The van der Waals surface area contributed by atoms with Gasteiger partial charge in [-0.25, -0.2) is 8.42 Å². The molecule has 1 aliphatic heterocycles. The van der Waals surface area contributed by atoms with E-state index in [9.17, 15) is 13.2 Å². The number of aryl methyl sites for hydroxylation is 1. The van der Waals surface area contributed by atoms with Crippen LogP contribution in [0.2, 0.25) is 0 Å². The third-order valence-corrected chi connectivity index (χ3v) is 5.74. The Kier molecular flexibility index (Phi) is 3.71. The van der Waals surface area contributed by atoms with Gasteiger partial charge in [0.25, 0.3) is 11.8 Å². The molecule has 1 amide bonds.